The number of para-hydroxylation sites is 1. The van der Waals surface area contributed by atoms with Gasteiger partial charge in [-0.25, -0.2) is 4.98 Å². The predicted molar refractivity (Wildman–Crippen MR) is 106 cm³/mol. The van der Waals surface area contributed by atoms with Crippen LogP contribution in [0.1, 0.15) is 23.2 Å². The number of nitrogens with zero attached hydrogens (tertiary/aromatic N) is 3. The minimum absolute atomic E-state index is 0.0822. The highest BCUT2D eigenvalue weighted by Crippen LogP contribution is 2.33. The molecule has 1 N–H and O–H groups in total. The fraction of sp³-hybridized carbons (Fsp3) is 0.429. The van der Waals surface area contributed by atoms with Gasteiger partial charge >= 0.3 is 0 Å². The van der Waals surface area contributed by atoms with Gasteiger partial charge in [0, 0.05) is 50.7 Å². The third kappa shape index (κ3) is 3.76. The van der Waals surface area contributed by atoms with E-state index in [0.29, 0.717) is 5.56 Å². The van der Waals surface area contributed by atoms with Crippen LogP contribution in [-0.2, 0) is 4.74 Å². The highest BCUT2D eigenvalue weighted by atomic mass is 16.5. The number of ether oxygens (including phenoxy) is 1. The van der Waals surface area contributed by atoms with Crippen LogP contribution in [-0.4, -0.2) is 56.3 Å². The summed E-state index contributed by atoms with van der Waals surface area (Å²) in [6.45, 7) is 4.39. The number of hydrogen-bond acceptors (Lipinski definition) is 5. The number of benzene rings is 1. The van der Waals surface area contributed by atoms with Gasteiger partial charge in [-0.05, 0) is 37.1 Å². The number of pyridine rings is 1. The Kier molecular flexibility index (Phi) is 4.99. The van der Waals surface area contributed by atoms with E-state index < -0.39 is 0 Å². The number of rotatable bonds is 3. The topological polar surface area (TPSA) is 57.7 Å². The van der Waals surface area contributed by atoms with Crippen LogP contribution in [0.5, 0.6) is 0 Å². The summed E-state index contributed by atoms with van der Waals surface area (Å²) in [5, 5.41) is 2.67. The third-order valence-corrected chi connectivity index (χ3v) is 5.60. The molecule has 1 aromatic carbocycles. The van der Waals surface area contributed by atoms with Crippen molar-refractivity contribution in [2.24, 2.45) is 0 Å². The van der Waals surface area contributed by atoms with Crippen molar-refractivity contribution in [3.63, 3.8) is 0 Å². The van der Waals surface area contributed by atoms with Crippen molar-refractivity contribution >= 4 is 17.4 Å². The molecule has 2 aromatic rings. The van der Waals surface area contributed by atoms with Crippen LogP contribution in [0, 0.1) is 0 Å². The molecule has 1 spiro atoms. The first-order valence-corrected chi connectivity index (χ1v) is 9.56. The number of aromatic nitrogens is 1. The molecule has 142 valence electrons. The lowest BCUT2D eigenvalue weighted by atomic mass is 9.89. The monoisotopic (exact) mass is 366 g/mol. The van der Waals surface area contributed by atoms with Gasteiger partial charge in [0.2, 0.25) is 0 Å². The second kappa shape index (κ2) is 7.56. The number of carbonyl (C=O) groups excluding carboxylic acids is 1. The van der Waals surface area contributed by atoms with E-state index in [-0.39, 0.29) is 11.5 Å². The first kappa shape index (κ1) is 17.8. The largest absolute Gasteiger partial charge is 0.371 e. The Morgan fingerprint density at radius 2 is 1.89 bits per heavy atom. The zero-order chi connectivity index (χ0) is 18.7. The van der Waals surface area contributed by atoms with Crippen LogP contribution in [0.25, 0.3) is 0 Å². The zero-order valence-electron chi connectivity index (χ0n) is 15.7. The molecular weight excluding hydrogens is 340 g/mol. The number of morpholine rings is 1. The Morgan fingerprint density at radius 1 is 1.11 bits per heavy atom. The molecule has 4 rings (SSSR count). The smallest absolute Gasteiger partial charge is 0.251 e. The van der Waals surface area contributed by atoms with Crippen molar-refractivity contribution in [3.05, 3.63) is 54.2 Å². The average Bonchev–Trinajstić information content (AvgIpc) is 2.74. The van der Waals surface area contributed by atoms with E-state index in [1.807, 2.05) is 6.07 Å². The lowest BCUT2D eigenvalue weighted by Crippen LogP contribution is -2.57. The molecule has 1 aromatic heterocycles. The van der Waals surface area contributed by atoms with E-state index in [1.54, 1.807) is 19.3 Å². The van der Waals surface area contributed by atoms with Gasteiger partial charge < -0.3 is 19.9 Å². The molecule has 27 heavy (non-hydrogen) atoms. The molecule has 0 radical (unpaired) electrons. The van der Waals surface area contributed by atoms with Crippen LogP contribution in [0.3, 0.4) is 0 Å². The lowest BCUT2D eigenvalue weighted by Gasteiger charge is -2.48. The maximum absolute atomic E-state index is 11.9. The number of nitrogens with one attached hydrogen (secondary N) is 1. The molecule has 6 nitrogen and oxygen atoms in total. The maximum atomic E-state index is 11.9. The predicted octanol–water partition coefficient (Wildman–Crippen LogP) is 2.32. The summed E-state index contributed by atoms with van der Waals surface area (Å²) >= 11 is 0. The van der Waals surface area contributed by atoms with E-state index in [4.69, 9.17) is 4.74 Å². The van der Waals surface area contributed by atoms with Gasteiger partial charge in [-0.2, -0.15) is 0 Å². The Morgan fingerprint density at radius 3 is 2.63 bits per heavy atom. The van der Waals surface area contributed by atoms with Gasteiger partial charge in [-0.15, -0.1) is 0 Å². The van der Waals surface area contributed by atoms with Crippen LogP contribution in [0.4, 0.5) is 11.5 Å². The fourth-order valence-electron chi connectivity index (χ4n) is 4.03. The highest BCUT2D eigenvalue weighted by Gasteiger charge is 2.40. The van der Waals surface area contributed by atoms with Gasteiger partial charge in [0.15, 0.2) is 0 Å². The zero-order valence-corrected chi connectivity index (χ0v) is 15.7. The van der Waals surface area contributed by atoms with Gasteiger partial charge in [-0.1, -0.05) is 18.2 Å². The molecule has 2 aliphatic heterocycles. The number of carbonyl (C=O) groups is 1. The SMILES string of the molecule is CNC(=O)c1ccnc(N2CCC3(CC2)CN(c2ccccc2)CCO3)c1. The Hall–Kier alpha value is -2.60. The fourth-order valence-corrected chi connectivity index (χ4v) is 4.03. The van der Waals surface area contributed by atoms with Crippen molar-refractivity contribution in [1.82, 2.24) is 10.3 Å². The summed E-state index contributed by atoms with van der Waals surface area (Å²) in [5.41, 5.74) is 1.82. The van der Waals surface area contributed by atoms with Crippen molar-refractivity contribution in [3.8, 4) is 0 Å². The first-order chi connectivity index (χ1) is 13.2. The number of hydrogen-bond donors (Lipinski definition) is 1. The average molecular weight is 366 g/mol. The number of anilines is 2. The molecule has 0 atom stereocenters. The van der Waals surface area contributed by atoms with Gasteiger partial charge in [0.1, 0.15) is 5.82 Å². The standard InChI is InChI=1S/C21H26N4O2/c1-22-20(26)17-7-10-23-19(15-17)24-11-8-21(9-12-24)16-25(13-14-27-21)18-5-3-2-4-6-18/h2-7,10,15H,8-9,11-14,16H2,1H3,(H,22,26). The van der Waals surface area contributed by atoms with Crippen LogP contribution < -0.4 is 15.1 Å². The summed E-state index contributed by atoms with van der Waals surface area (Å²) < 4.78 is 6.27. The molecule has 0 bridgehead atoms. The van der Waals surface area contributed by atoms with Gasteiger partial charge in [0.25, 0.3) is 5.91 Å². The molecular formula is C21H26N4O2. The van der Waals surface area contributed by atoms with Crippen LogP contribution in [0.15, 0.2) is 48.7 Å². The van der Waals surface area contributed by atoms with Crippen molar-refractivity contribution < 1.29 is 9.53 Å². The van der Waals surface area contributed by atoms with Crippen LogP contribution >= 0.6 is 0 Å². The first-order valence-electron chi connectivity index (χ1n) is 9.56. The summed E-state index contributed by atoms with van der Waals surface area (Å²) in [7, 11) is 1.64. The lowest BCUT2D eigenvalue weighted by molar-refractivity contribution is -0.0705. The van der Waals surface area contributed by atoms with Crippen molar-refractivity contribution in [2.45, 2.75) is 18.4 Å². The van der Waals surface area contributed by atoms with Gasteiger partial charge in [-0.3, -0.25) is 4.79 Å². The quantitative estimate of drug-likeness (QED) is 0.903. The van der Waals surface area contributed by atoms with E-state index in [2.05, 4.69) is 50.4 Å². The van der Waals surface area contributed by atoms with Gasteiger partial charge in [0.05, 0.1) is 12.2 Å². The second-order valence-electron chi connectivity index (χ2n) is 7.26. The maximum Gasteiger partial charge on any atom is 0.251 e. The van der Waals surface area contributed by atoms with E-state index in [0.717, 1.165) is 51.4 Å². The summed E-state index contributed by atoms with van der Waals surface area (Å²) in [6, 6.07) is 14.2. The number of piperidine rings is 1. The minimum atomic E-state index is -0.0943. The highest BCUT2D eigenvalue weighted by molar-refractivity contribution is 5.94. The summed E-state index contributed by atoms with van der Waals surface area (Å²) in [4.78, 5) is 21.0. The summed E-state index contributed by atoms with van der Waals surface area (Å²) in [6.07, 6.45) is 3.63. The Labute approximate surface area is 160 Å². The van der Waals surface area contributed by atoms with Crippen LogP contribution in [0.2, 0.25) is 0 Å². The molecule has 2 aliphatic rings. The molecule has 2 fully saturated rings. The van der Waals surface area contributed by atoms with E-state index >= 15 is 0 Å². The Bertz CT molecular complexity index is 788. The Balaban J connectivity index is 1.43. The number of amides is 1. The molecule has 1 amide bonds. The van der Waals surface area contributed by atoms with Crippen molar-refractivity contribution in [1.29, 1.82) is 0 Å². The normalized spacial score (nSPS) is 19.1. The molecule has 0 unspecified atom stereocenters. The van der Waals surface area contributed by atoms with Crippen molar-refractivity contribution in [2.75, 3.05) is 49.6 Å². The molecule has 6 heteroatoms. The summed E-state index contributed by atoms with van der Waals surface area (Å²) in [5.74, 6) is 0.780. The second-order valence-corrected chi connectivity index (χ2v) is 7.26. The van der Waals surface area contributed by atoms with E-state index in [1.165, 1.54) is 5.69 Å². The molecule has 2 saturated heterocycles. The molecule has 3 heterocycles. The molecule has 0 aliphatic carbocycles. The minimum Gasteiger partial charge on any atom is -0.371 e. The van der Waals surface area contributed by atoms with E-state index in [9.17, 15) is 4.79 Å². The molecule has 0 saturated carbocycles. The third-order valence-electron chi connectivity index (χ3n) is 5.60.